The summed E-state index contributed by atoms with van der Waals surface area (Å²) in [5, 5.41) is 14.2. The highest BCUT2D eigenvalue weighted by Gasteiger charge is 2.11. The zero-order chi connectivity index (χ0) is 13.8. The molecular formula is C15H16N2O2. The number of nitro groups is 1. The molecule has 0 saturated heterocycles. The molecule has 0 radical (unpaired) electrons. The molecule has 2 rings (SSSR count). The third-order valence-electron chi connectivity index (χ3n) is 3.05. The minimum absolute atomic E-state index is 0.153. The van der Waals surface area contributed by atoms with Gasteiger partial charge in [-0.2, -0.15) is 0 Å². The quantitative estimate of drug-likeness (QED) is 0.668. The van der Waals surface area contributed by atoms with Crippen molar-refractivity contribution in [3.8, 4) is 0 Å². The van der Waals surface area contributed by atoms with E-state index in [4.69, 9.17) is 0 Å². The normalized spacial score (nSPS) is 10.2. The molecule has 0 aromatic heterocycles. The van der Waals surface area contributed by atoms with Crippen LogP contribution in [0.1, 0.15) is 16.7 Å². The summed E-state index contributed by atoms with van der Waals surface area (Å²) in [7, 11) is 0. The van der Waals surface area contributed by atoms with Gasteiger partial charge in [0, 0.05) is 23.9 Å². The van der Waals surface area contributed by atoms with Crippen LogP contribution in [0.5, 0.6) is 0 Å². The predicted octanol–water partition coefficient (Wildman–Crippen LogP) is 3.82. The Labute approximate surface area is 112 Å². The molecule has 0 fully saturated rings. The van der Waals surface area contributed by atoms with Gasteiger partial charge in [0.25, 0.3) is 5.69 Å². The zero-order valence-corrected chi connectivity index (χ0v) is 11.0. The molecule has 0 saturated carbocycles. The third-order valence-corrected chi connectivity index (χ3v) is 3.05. The van der Waals surface area contributed by atoms with Gasteiger partial charge in [-0.1, -0.05) is 30.3 Å². The Hall–Kier alpha value is -2.36. The van der Waals surface area contributed by atoms with Crippen molar-refractivity contribution in [2.45, 2.75) is 20.4 Å². The van der Waals surface area contributed by atoms with E-state index in [0.29, 0.717) is 12.1 Å². The number of nitro benzene ring substituents is 1. The highest BCUT2D eigenvalue weighted by Crippen LogP contribution is 2.21. The van der Waals surface area contributed by atoms with Crippen LogP contribution in [0.4, 0.5) is 11.4 Å². The fourth-order valence-electron chi connectivity index (χ4n) is 1.96. The average molecular weight is 256 g/mol. The van der Waals surface area contributed by atoms with E-state index in [-0.39, 0.29) is 10.6 Å². The van der Waals surface area contributed by atoms with E-state index in [1.807, 2.05) is 38.1 Å². The molecular weight excluding hydrogens is 240 g/mol. The molecule has 0 aliphatic rings. The van der Waals surface area contributed by atoms with Gasteiger partial charge in [-0.05, 0) is 31.0 Å². The van der Waals surface area contributed by atoms with Crippen LogP contribution in [-0.2, 0) is 6.54 Å². The van der Waals surface area contributed by atoms with Crippen LogP contribution in [0.3, 0.4) is 0 Å². The first-order valence-corrected chi connectivity index (χ1v) is 6.11. The van der Waals surface area contributed by atoms with Crippen LogP contribution in [-0.4, -0.2) is 4.92 Å². The summed E-state index contributed by atoms with van der Waals surface area (Å²) < 4.78 is 0. The lowest BCUT2D eigenvalue weighted by molar-refractivity contribution is -0.385. The molecule has 2 aromatic carbocycles. The molecule has 0 aliphatic heterocycles. The third kappa shape index (κ3) is 3.10. The number of aryl methyl sites for hydroxylation is 2. The SMILES string of the molecule is Cc1ccc(C)c(NCc2ccccc2[N+](=O)[O-])c1. The molecule has 4 heteroatoms. The smallest absolute Gasteiger partial charge is 0.274 e. The largest absolute Gasteiger partial charge is 0.380 e. The van der Waals surface area contributed by atoms with Crippen molar-refractivity contribution in [2.75, 3.05) is 5.32 Å². The van der Waals surface area contributed by atoms with Crippen molar-refractivity contribution < 1.29 is 4.92 Å². The summed E-state index contributed by atoms with van der Waals surface area (Å²) in [4.78, 5) is 10.6. The Kier molecular flexibility index (Phi) is 3.80. The van der Waals surface area contributed by atoms with Gasteiger partial charge in [-0.3, -0.25) is 10.1 Å². The molecule has 0 heterocycles. The lowest BCUT2D eigenvalue weighted by Gasteiger charge is -2.10. The molecule has 2 aromatic rings. The Morgan fingerprint density at radius 2 is 1.89 bits per heavy atom. The summed E-state index contributed by atoms with van der Waals surface area (Å²) in [6, 6.07) is 12.9. The predicted molar refractivity (Wildman–Crippen MR) is 76.3 cm³/mol. The molecule has 0 unspecified atom stereocenters. The fourth-order valence-corrected chi connectivity index (χ4v) is 1.96. The molecule has 0 amide bonds. The van der Waals surface area contributed by atoms with Crippen LogP contribution in [0.25, 0.3) is 0 Å². The number of nitrogens with zero attached hydrogens (tertiary/aromatic N) is 1. The van der Waals surface area contributed by atoms with Crippen molar-refractivity contribution in [2.24, 2.45) is 0 Å². The second kappa shape index (κ2) is 5.52. The summed E-state index contributed by atoms with van der Waals surface area (Å²) in [6.45, 7) is 4.48. The van der Waals surface area contributed by atoms with Crippen LogP contribution in [0, 0.1) is 24.0 Å². The van der Waals surface area contributed by atoms with Crippen molar-refractivity contribution in [1.82, 2.24) is 0 Å². The Bertz CT molecular complexity index is 609. The number of nitrogens with one attached hydrogen (secondary N) is 1. The van der Waals surface area contributed by atoms with Gasteiger partial charge < -0.3 is 5.32 Å². The molecule has 0 aliphatic carbocycles. The van der Waals surface area contributed by atoms with Gasteiger partial charge in [-0.15, -0.1) is 0 Å². The Morgan fingerprint density at radius 3 is 2.63 bits per heavy atom. The van der Waals surface area contributed by atoms with E-state index in [9.17, 15) is 10.1 Å². The van der Waals surface area contributed by atoms with Gasteiger partial charge in [-0.25, -0.2) is 0 Å². The number of para-hydroxylation sites is 1. The Morgan fingerprint density at radius 1 is 1.16 bits per heavy atom. The minimum Gasteiger partial charge on any atom is -0.380 e. The van der Waals surface area contributed by atoms with Gasteiger partial charge in [0.15, 0.2) is 0 Å². The highest BCUT2D eigenvalue weighted by atomic mass is 16.6. The van der Waals surface area contributed by atoms with Gasteiger partial charge in [0.2, 0.25) is 0 Å². The van der Waals surface area contributed by atoms with E-state index in [1.165, 1.54) is 6.07 Å². The number of hydrogen-bond donors (Lipinski definition) is 1. The van der Waals surface area contributed by atoms with Gasteiger partial charge >= 0.3 is 0 Å². The topological polar surface area (TPSA) is 55.2 Å². The van der Waals surface area contributed by atoms with E-state index >= 15 is 0 Å². The maximum Gasteiger partial charge on any atom is 0.274 e. The van der Waals surface area contributed by atoms with E-state index in [0.717, 1.165) is 16.8 Å². The first kappa shape index (κ1) is 13.1. The van der Waals surface area contributed by atoms with E-state index in [2.05, 4.69) is 5.32 Å². The highest BCUT2D eigenvalue weighted by molar-refractivity contribution is 5.53. The molecule has 98 valence electrons. The summed E-state index contributed by atoms with van der Waals surface area (Å²) in [5.41, 5.74) is 4.15. The zero-order valence-electron chi connectivity index (χ0n) is 11.0. The van der Waals surface area contributed by atoms with Crippen molar-refractivity contribution in [3.05, 3.63) is 69.3 Å². The lowest BCUT2D eigenvalue weighted by Crippen LogP contribution is -2.04. The Balaban J connectivity index is 2.19. The number of benzene rings is 2. The molecule has 4 nitrogen and oxygen atoms in total. The molecule has 1 N–H and O–H groups in total. The monoisotopic (exact) mass is 256 g/mol. The molecule has 19 heavy (non-hydrogen) atoms. The van der Waals surface area contributed by atoms with Crippen molar-refractivity contribution >= 4 is 11.4 Å². The van der Waals surface area contributed by atoms with E-state index in [1.54, 1.807) is 12.1 Å². The average Bonchev–Trinajstić information content (AvgIpc) is 2.40. The summed E-state index contributed by atoms with van der Waals surface area (Å²) in [5.74, 6) is 0. The first-order chi connectivity index (χ1) is 9.08. The molecule has 0 bridgehead atoms. The number of rotatable bonds is 4. The fraction of sp³-hybridized carbons (Fsp3) is 0.200. The number of hydrogen-bond acceptors (Lipinski definition) is 3. The second-order valence-corrected chi connectivity index (χ2v) is 4.56. The van der Waals surface area contributed by atoms with Crippen LogP contribution in [0.2, 0.25) is 0 Å². The van der Waals surface area contributed by atoms with Gasteiger partial charge in [0.05, 0.1) is 4.92 Å². The second-order valence-electron chi connectivity index (χ2n) is 4.56. The maximum absolute atomic E-state index is 10.9. The minimum atomic E-state index is -0.347. The number of anilines is 1. The summed E-state index contributed by atoms with van der Waals surface area (Å²) in [6.07, 6.45) is 0. The van der Waals surface area contributed by atoms with Crippen molar-refractivity contribution in [1.29, 1.82) is 0 Å². The van der Waals surface area contributed by atoms with Crippen LogP contribution in [0.15, 0.2) is 42.5 Å². The molecule has 0 atom stereocenters. The maximum atomic E-state index is 10.9. The first-order valence-electron chi connectivity index (χ1n) is 6.11. The van der Waals surface area contributed by atoms with Crippen molar-refractivity contribution in [3.63, 3.8) is 0 Å². The van der Waals surface area contributed by atoms with Gasteiger partial charge in [0.1, 0.15) is 0 Å². The van der Waals surface area contributed by atoms with E-state index < -0.39 is 0 Å². The van der Waals surface area contributed by atoms with Crippen LogP contribution < -0.4 is 5.32 Å². The molecule has 0 spiro atoms. The summed E-state index contributed by atoms with van der Waals surface area (Å²) >= 11 is 0. The lowest BCUT2D eigenvalue weighted by atomic mass is 10.1. The van der Waals surface area contributed by atoms with Crippen LogP contribution >= 0.6 is 0 Å². The standard InChI is InChI=1S/C15H16N2O2/c1-11-7-8-12(2)14(9-11)16-10-13-5-3-4-6-15(13)17(18)19/h3-9,16H,10H2,1-2H3.